The molecule has 1 aromatic carbocycles. The van der Waals surface area contributed by atoms with Gasteiger partial charge in [-0.25, -0.2) is 9.18 Å². The zero-order chi connectivity index (χ0) is 21.1. The summed E-state index contributed by atoms with van der Waals surface area (Å²) < 4.78 is 25.7. The van der Waals surface area contributed by atoms with Crippen LogP contribution in [0.4, 0.5) is 15.9 Å². The molecule has 1 aliphatic heterocycles. The van der Waals surface area contributed by atoms with Crippen LogP contribution >= 0.6 is 15.9 Å². The number of carbonyl (C=O) groups is 2. The predicted octanol–water partition coefficient (Wildman–Crippen LogP) is 2.51. The molecule has 29 heavy (non-hydrogen) atoms. The molecule has 2 heterocycles. The number of anilines is 2. The Hall–Kier alpha value is -2.97. The summed E-state index contributed by atoms with van der Waals surface area (Å²) in [4.78, 5) is 23.7. The molecule has 11 heteroatoms. The van der Waals surface area contributed by atoms with Gasteiger partial charge in [-0.2, -0.15) is 10.4 Å². The van der Waals surface area contributed by atoms with Crippen LogP contribution in [0.15, 0.2) is 22.8 Å². The van der Waals surface area contributed by atoms with Crippen LogP contribution in [-0.2, 0) is 9.47 Å². The quantitative estimate of drug-likeness (QED) is 0.648. The maximum atomic E-state index is 14.2. The second-order valence-corrected chi connectivity index (χ2v) is 7.13. The number of esters is 1. The van der Waals surface area contributed by atoms with Crippen molar-refractivity contribution in [3.05, 3.63) is 39.7 Å². The van der Waals surface area contributed by atoms with Gasteiger partial charge in [0.25, 0.3) is 5.91 Å². The van der Waals surface area contributed by atoms with Gasteiger partial charge in [-0.3, -0.25) is 9.48 Å². The minimum atomic E-state index is -0.755. The fourth-order valence-electron chi connectivity index (χ4n) is 3.02. The van der Waals surface area contributed by atoms with Gasteiger partial charge in [-0.15, -0.1) is 0 Å². The minimum Gasteiger partial charge on any atom is -0.465 e. The van der Waals surface area contributed by atoms with Gasteiger partial charge in [0.1, 0.15) is 11.4 Å². The maximum Gasteiger partial charge on any atom is 0.339 e. The van der Waals surface area contributed by atoms with Gasteiger partial charge in [0.2, 0.25) is 0 Å². The number of benzene rings is 1. The number of nitrogens with one attached hydrogen (secondary N) is 1. The number of ether oxygens (including phenoxy) is 2. The van der Waals surface area contributed by atoms with Gasteiger partial charge in [-0.1, -0.05) is 0 Å². The fourth-order valence-corrected chi connectivity index (χ4v) is 3.42. The van der Waals surface area contributed by atoms with E-state index in [9.17, 15) is 19.2 Å². The summed E-state index contributed by atoms with van der Waals surface area (Å²) in [5.74, 6) is -2.47. The van der Waals surface area contributed by atoms with Crippen LogP contribution in [0.5, 0.6) is 0 Å². The molecule has 0 aliphatic carbocycles. The highest BCUT2D eigenvalue weighted by Gasteiger charge is 2.29. The molecule has 3 rings (SSSR count). The summed E-state index contributed by atoms with van der Waals surface area (Å²) in [5.41, 5.74) is 5.62. The lowest BCUT2D eigenvalue weighted by Crippen LogP contribution is -2.29. The van der Waals surface area contributed by atoms with E-state index in [0.717, 1.165) is 6.07 Å². The van der Waals surface area contributed by atoms with Crippen molar-refractivity contribution in [1.82, 2.24) is 9.78 Å². The van der Waals surface area contributed by atoms with Crippen molar-refractivity contribution in [2.24, 2.45) is 11.7 Å². The van der Waals surface area contributed by atoms with Crippen LogP contribution in [0.2, 0.25) is 0 Å². The van der Waals surface area contributed by atoms with E-state index < -0.39 is 23.7 Å². The van der Waals surface area contributed by atoms with Crippen LogP contribution in [0, 0.1) is 23.1 Å². The van der Waals surface area contributed by atoms with Crippen molar-refractivity contribution in [2.75, 3.05) is 25.6 Å². The van der Waals surface area contributed by atoms with E-state index in [-0.39, 0.29) is 39.6 Å². The zero-order valence-electron chi connectivity index (χ0n) is 15.3. The third-order valence-corrected chi connectivity index (χ3v) is 5.33. The van der Waals surface area contributed by atoms with E-state index in [1.54, 1.807) is 0 Å². The summed E-state index contributed by atoms with van der Waals surface area (Å²) in [6.45, 7) is 0.731. The van der Waals surface area contributed by atoms with E-state index in [1.165, 1.54) is 24.1 Å². The number of rotatable bonds is 5. The number of nitriles is 1. The van der Waals surface area contributed by atoms with Crippen LogP contribution in [0.3, 0.4) is 0 Å². The van der Waals surface area contributed by atoms with Crippen LogP contribution in [0.25, 0.3) is 0 Å². The van der Waals surface area contributed by atoms with Crippen LogP contribution < -0.4 is 11.1 Å². The Balaban J connectivity index is 1.98. The molecule has 1 aromatic heterocycles. The molecule has 2 aromatic rings. The summed E-state index contributed by atoms with van der Waals surface area (Å²) in [6.07, 6.45) is 1.96. The topological polar surface area (TPSA) is 132 Å². The van der Waals surface area contributed by atoms with Crippen molar-refractivity contribution in [3.63, 3.8) is 0 Å². The van der Waals surface area contributed by atoms with E-state index in [4.69, 9.17) is 10.5 Å². The van der Waals surface area contributed by atoms with Gasteiger partial charge in [0, 0.05) is 18.5 Å². The molecule has 3 N–H and O–H groups in total. The van der Waals surface area contributed by atoms with E-state index in [2.05, 4.69) is 37.2 Å². The Morgan fingerprint density at radius 3 is 2.90 bits per heavy atom. The first-order chi connectivity index (χ1) is 13.8. The number of carbonyl (C=O) groups excluding carboxylic acids is 2. The number of aromatic nitrogens is 2. The molecule has 1 aliphatic rings. The molecule has 2 atom stereocenters. The summed E-state index contributed by atoms with van der Waals surface area (Å²) in [7, 11) is 1.18. The van der Waals surface area contributed by atoms with Gasteiger partial charge >= 0.3 is 5.97 Å². The second-order valence-electron chi connectivity index (χ2n) is 6.34. The molecule has 0 radical (unpaired) electrons. The van der Waals surface area contributed by atoms with Crippen molar-refractivity contribution >= 4 is 39.3 Å². The number of primary amides is 1. The smallest absolute Gasteiger partial charge is 0.339 e. The molecule has 1 fully saturated rings. The van der Waals surface area contributed by atoms with Crippen molar-refractivity contribution < 1.29 is 23.5 Å². The number of hydrogen-bond donors (Lipinski definition) is 2. The molecule has 0 unspecified atom stereocenters. The predicted molar refractivity (Wildman–Crippen MR) is 103 cm³/mol. The average Bonchev–Trinajstić information content (AvgIpc) is 3.13. The zero-order valence-corrected chi connectivity index (χ0v) is 16.9. The average molecular weight is 466 g/mol. The molecule has 1 saturated heterocycles. The normalized spacial score (nSPS) is 18.7. The highest BCUT2D eigenvalue weighted by Crippen LogP contribution is 2.31. The van der Waals surface area contributed by atoms with Crippen molar-refractivity contribution in [1.29, 1.82) is 5.26 Å². The highest BCUT2D eigenvalue weighted by molar-refractivity contribution is 9.10. The Bertz CT molecular complexity index is 1000. The summed E-state index contributed by atoms with van der Waals surface area (Å²) >= 11 is 3.01. The van der Waals surface area contributed by atoms with Crippen molar-refractivity contribution in [2.45, 2.75) is 12.5 Å². The Kier molecular flexibility index (Phi) is 6.14. The molecule has 0 bridgehead atoms. The van der Waals surface area contributed by atoms with Crippen molar-refractivity contribution in [3.8, 4) is 6.07 Å². The van der Waals surface area contributed by atoms with E-state index in [0.29, 0.717) is 13.0 Å². The fraction of sp³-hybridized carbons (Fsp3) is 0.333. The minimum absolute atomic E-state index is 0.0414. The van der Waals surface area contributed by atoms with Crippen LogP contribution in [0.1, 0.15) is 33.2 Å². The number of amides is 1. The third kappa shape index (κ3) is 4.23. The number of nitrogens with two attached hydrogens (primary N) is 1. The van der Waals surface area contributed by atoms with E-state index >= 15 is 0 Å². The SMILES string of the molecule is COC(=O)c1cc(Nc2nn([C@@H]3COCC[C@H]3C#N)cc2C(N)=O)cc(F)c1Br. The lowest BCUT2D eigenvalue weighted by molar-refractivity contribution is 0.0342. The Labute approximate surface area is 173 Å². The Morgan fingerprint density at radius 1 is 1.48 bits per heavy atom. The van der Waals surface area contributed by atoms with Gasteiger partial charge in [0.15, 0.2) is 5.82 Å². The molecule has 9 nitrogen and oxygen atoms in total. The maximum absolute atomic E-state index is 14.2. The number of halogens is 2. The monoisotopic (exact) mass is 465 g/mol. The third-order valence-electron chi connectivity index (χ3n) is 4.53. The number of methoxy groups -OCH3 is 1. The largest absolute Gasteiger partial charge is 0.465 e. The van der Waals surface area contributed by atoms with Gasteiger partial charge in [-0.05, 0) is 34.5 Å². The molecular formula is C18H17BrFN5O4. The number of hydrogen-bond acceptors (Lipinski definition) is 7. The molecule has 1 amide bonds. The first-order valence-electron chi connectivity index (χ1n) is 8.56. The Morgan fingerprint density at radius 2 is 2.24 bits per heavy atom. The summed E-state index contributed by atoms with van der Waals surface area (Å²) in [6, 6.07) is 4.30. The van der Waals surface area contributed by atoms with Gasteiger partial charge < -0.3 is 20.5 Å². The second kappa shape index (κ2) is 8.59. The molecule has 152 valence electrons. The molecule has 0 spiro atoms. The molecule has 0 saturated carbocycles. The van der Waals surface area contributed by atoms with Crippen LogP contribution in [-0.4, -0.2) is 42.0 Å². The summed E-state index contributed by atoms with van der Waals surface area (Å²) in [5, 5.41) is 16.5. The lowest BCUT2D eigenvalue weighted by Gasteiger charge is -2.26. The lowest BCUT2D eigenvalue weighted by atomic mass is 9.97. The number of nitrogens with zero attached hydrogens (tertiary/aromatic N) is 3. The van der Waals surface area contributed by atoms with Gasteiger partial charge in [0.05, 0.1) is 41.8 Å². The first kappa shape index (κ1) is 20.8. The molecular weight excluding hydrogens is 449 g/mol. The first-order valence-corrected chi connectivity index (χ1v) is 9.35. The van der Waals surface area contributed by atoms with E-state index in [1.807, 2.05) is 0 Å². The highest BCUT2D eigenvalue weighted by atomic mass is 79.9. The standard InChI is InChI=1S/C18H17BrFN5O4/c1-28-18(27)11-4-10(5-13(20)15(11)19)23-17-12(16(22)26)7-25(24-17)14-8-29-3-2-9(14)6-21/h4-5,7,9,14H,2-3,8H2,1H3,(H2,22,26)(H,23,24)/t9-,14+/m0/s1.